The summed E-state index contributed by atoms with van der Waals surface area (Å²) in [4.78, 5) is 52.6. The van der Waals surface area contributed by atoms with Crippen molar-refractivity contribution in [3.8, 4) is 0 Å². The summed E-state index contributed by atoms with van der Waals surface area (Å²) in [6, 6.07) is 7.59. The maximum atomic E-state index is 13.2. The first-order valence-corrected chi connectivity index (χ1v) is 12.1. The van der Waals surface area contributed by atoms with Crippen molar-refractivity contribution in [2.45, 2.75) is 51.6 Å². The highest BCUT2D eigenvalue weighted by molar-refractivity contribution is 7.18. The molecule has 0 radical (unpaired) electrons. The molecule has 3 amide bonds. The third kappa shape index (κ3) is 5.77. The van der Waals surface area contributed by atoms with Gasteiger partial charge in [0.05, 0.1) is 16.3 Å². The van der Waals surface area contributed by atoms with Crippen molar-refractivity contribution in [3.05, 3.63) is 50.7 Å². The van der Waals surface area contributed by atoms with Crippen LogP contribution < -0.4 is 10.6 Å². The van der Waals surface area contributed by atoms with E-state index in [4.69, 9.17) is 16.3 Å². The van der Waals surface area contributed by atoms with Crippen LogP contribution in [0.15, 0.2) is 30.3 Å². The van der Waals surface area contributed by atoms with Gasteiger partial charge in [0.25, 0.3) is 11.8 Å². The van der Waals surface area contributed by atoms with Crippen LogP contribution >= 0.6 is 22.9 Å². The molecule has 8 nitrogen and oxygen atoms in total. The summed E-state index contributed by atoms with van der Waals surface area (Å²) < 4.78 is 5.36. The maximum absolute atomic E-state index is 13.2. The monoisotopic (exact) mass is 505 g/mol. The van der Waals surface area contributed by atoms with Crippen molar-refractivity contribution in [2.75, 3.05) is 19.0 Å². The van der Waals surface area contributed by atoms with Crippen molar-refractivity contribution in [2.24, 2.45) is 0 Å². The first kappa shape index (κ1) is 25.7. The van der Waals surface area contributed by atoms with Crippen LogP contribution in [0.1, 0.15) is 58.7 Å². The fraction of sp³-hybridized carbons (Fsp3) is 0.417. The number of thiophene rings is 1. The second-order valence-corrected chi connectivity index (χ2v) is 10.4. The van der Waals surface area contributed by atoms with Crippen LogP contribution in [0.4, 0.5) is 5.69 Å². The Morgan fingerprint density at radius 2 is 1.88 bits per heavy atom. The number of benzene rings is 1. The number of amides is 3. The lowest BCUT2D eigenvalue weighted by Gasteiger charge is -2.34. The Morgan fingerprint density at radius 3 is 2.50 bits per heavy atom. The minimum Gasteiger partial charge on any atom is -0.467 e. The summed E-state index contributed by atoms with van der Waals surface area (Å²) in [5.41, 5.74) is 0.406. The molecule has 0 bridgehead atoms. The zero-order valence-electron chi connectivity index (χ0n) is 19.6. The Balaban J connectivity index is 1.70. The summed E-state index contributed by atoms with van der Waals surface area (Å²) >= 11 is 7.02. The number of esters is 1. The number of ether oxygens (including phenoxy) is 1. The Bertz CT molecular complexity index is 1110. The maximum Gasteiger partial charge on any atom is 0.328 e. The fourth-order valence-electron chi connectivity index (χ4n) is 3.82. The van der Waals surface area contributed by atoms with Gasteiger partial charge in [-0.15, -0.1) is 11.3 Å². The molecular formula is C24H28ClN3O5S. The Labute approximate surface area is 207 Å². The van der Waals surface area contributed by atoms with Gasteiger partial charge in [0, 0.05) is 17.8 Å². The molecule has 1 aromatic carbocycles. The van der Waals surface area contributed by atoms with Crippen LogP contribution in [-0.2, 0) is 14.3 Å². The number of rotatable bonds is 6. The Hall–Kier alpha value is -2.91. The van der Waals surface area contributed by atoms with E-state index in [0.717, 1.165) is 24.2 Å². The number of nitrogens with one attached hydrogen (secondary N) is 2. The average molecular weight is 506 g/mol. The first-order valence-electron chi connectivity index (χ1n) is 10.9. The first-order chi connectivity index (χ1) is 16.0. The number of halogens is 1. The summed E-state index contributed by atoms with van der Waals surface area (Å²) in [5, 5.41) is 5.50. The molecule has 34 heavy (non-hydrogen) atoms. The minimum absolute atomic E-state index is 0.243. The van der Waals surface area contributed by atoms with Crippen molar-refractivity contribution in [1.82, 2.24) is 10.2 Å². The average Bonchev–Trinajstić information content (AvgIpc) is 3.24. The highest BCUT2D eigenvalue weighted by Gasteiger charge is 2.34. The molecule has 182 valence electrons. The SMILES string of the molecule is COC(=O)C1CCCCN1C(=O)c1ccc(NC(=O)C(C)(C)NC(=O)c2ccc(Cl)s2)cc1C. The van der Waals surface area contributed by atoms with Gasteiger partial charge >= 0.3 is 5.97 Å². The van der Waals surface area contributed by atoms with Gasteiger partial charge in [-0.1, -0.05) is 11.6 Å². The number of hydrogen-bond donors (Lipinski definition) is 2. The van der Waals surface area contributed by atoms with E-state index < -0.39 is 29.4 Å². The molecular weight excluding hydrogens is 478 g/mol. The molecule has 0 spiro atoms. The number of methoxy groups -OCH3 is 1. The highest BCUT2D eigenvalue weighted by Crippen LogP contribution is 2.25. The zero-order valence-corrected chi connectivity index (χ0v) is 21.1. The lowest BCUT2D eigenvalue weighted by molar-refractivity contribution is -0.147. The summed E-state index contributed by atoms with van der Waals surface area (Å²) in [6.45, 7) is 5.46. The van der Waals surface area contributed by atoms with E-state index in [1.54, 1.807) is 56.0 Å². The van der Waals surface area contributed by atoms with E-state index in [1.807, 2.05) is 0 Å². The normalized spacial score (nSPS) is 16.0. The van der Waals surface area contributed by atoms with Crippen LogP contribution in [-0.4, -0.2) is 53.8 Å². The Kier molecular flexibility index (Phi) is 7.99. The molecule has 1 unspecified atom stereocenters. The van der Waals surface area contributed by atoms with E-state index in [2.05, 4.69) is 10.6 Å². The second-order valence-electron chi connectivity index (χ2n) is 8.70. The van der Waals surface area contributed by atoms with Crippen LogP contribution in [0.25, 0.3) is 0 Å². The molecule has 1 saturated heterocycles. The molecule has 1 aliphatic heterocycles. The number of carbonyl (C=O) groups is 4. The number of anilines is 1. The van der Waals surface area contributed by atoms with Crippen molar-refractivity contribution < 1.29 is 23.9 Å². The van der Waals surface area contributed by atoms with E-state index in [1.165, 1.54) is 7.11 Å². The highest BCUT2D eigenvalue weighted by atomic mass is 35.5. The molecule has 2 N–H and O–H groups in total. The van der Waals surface area contributed by atoms with Gasteiger partial charge in [-0.05, 0) is 75.9 Å². The van der Waals surface area contributed by atoms with Crippen LogP contribution in [0, 0.1) is 6.92 Å². The van der Waals surface area contributed by atoms with E-state index >= 15 is 0 Å². The summed E-state index contributed by atoms with van der Waals surface area (Å²) in [5.74, 6) is -1.46. The molecule has 2 heterocycles. The minimum atomic E-state index is -1.20. The quantitative estimate of drug-likeness (QED) is 0.577. The fourth-order valence-corrected chi connectivity index (χ4v) is 4.76. The van der Waals surface area contributed by atoms with Crippen molar-refractivity contribution in [1.29, 1.82) is 0 Å². The van der Waals surface area contributed by atoms with E-state index in [9.17, 15) is 19.2 Å². The number of carbonyl (C=O) groups excluding carboxylic acids is 4. The molecule has 10 heteroatoms. The van der Waals surface area contributed by atoms with Gasteiger partial charge in [-0.3, -0.25) is 14.4 Å². The van der Waals surface area contributed by atoms with Gasteiger partial charge in [-0.2, -0.15) is 0 Å². The van der Waals surface area contributed by atoms with Crippen molar-refractivity contribution >= 4 is 52.3 Å². The smallest absolute Gasteiger partial charge is 0.328 e. The van der Waals surface area contributed by atoms with Crippen LogP contribution in [0.5, 0.6) is 0 Å². The molecule has 1 aliphatic rings. The van der Waals surface area contributed by atoms with Gasteiger partial charge in [0.15, 0.2) is 0 Å². The van der Waals surface area contributed by atoms with Crippen molar-refractivity contribution in [3.63, 3.8) is 0 Å². The number of likely N-dealkylation sites (tertiary alicyclic amines) is 1. The molecule has 1 atom stereocenters. The van der Waals surface area contributed by atoms with Gasteiger partial charge in [0.1, 0.15) is 11.6 Å². The summed E-state index contributed by atoms with van der Waals surface area (Å²) in [7, 11) is 1.32. The van der Waals surface area contributed by atoms with Gasteiger partial charge in [-0.25, -0.2) is 4.79 Å². The molecule has 3 rings (SSSR count). The third-order valence-electron chi connectivity index (χ3n) is 5.74. The lowest BCUT2D eigenvalue weighted by Crippen LogP contribution is -2.52. The Morgan fingerprint density at radius 1 is 1.15 bits per heavy atom. The predicted octanol–water partition coefficient (Wildman–Crippen LogP) is 4.02. The third-order valence-corrected chi connectivity index (χ3v) is 6.97. The second kappa shape index (κ2) is 10.6. The van der Waals surface area contributed by atoms with Crippen LogP contribution in [0.3, 0.4) is 0 Å². The number of piperidine rings is 1. The topological polar surface area (TPSA) is 105 Å². The molecule has 0 aliphatic carbocycles. The molecule has 1 aromatic heterocycles. The number of nitrogens with zero attached hydrogens (tertiary/aromatic N) is 1. The molecule has 2 aromatic rings. The number of hydrogen-bond acceptors (Lipinski definition) is 6. The van der Waals surface area contributed by atoms with Gasteiger partial charge < -0.3 is 20.3 Å². The largest absolute Gasteiger partial charge is 0.467 e. The molecule has 0 saturated carbocycles. The molecule has 1 fully saturated rings. The standard InChI is InChI=1S/C24H28ClN3O5S/c1-14-13-15(26-23(32)24(2,3)27-20(29)18-10-11-19(25)34-18)8-9-16(14)21(30)28-12-6-5-7-17(28)22(31)33-4/h8-11,13,17H,5-7,12H2,1-4H3,(H,26,32)(H,27,29). The van der Waals surface area contributed by atoms with Gasteiger partial charge in [0.2, 0.25) is 5.91 Å². The van der Waals surface area contributed by atoms with E-state index in [-0.39, 0.29) is 5.91 Å². The summed E-state index contributed by atoms with van der Waals surface area (Å²) in [6.07, 6.45) is 2.26. The van der Waals surface area contributed by atoms with Crippen LogP contribution in [0.2, 0.25) is 4.34 Å². The van der Waals surface area contributed by atoms with E-state index in [0.29, 0.717) is 39.0 Å². The predicted molar refractivity (Wildman–Crippen MR) is 131 cm³/mol. The zero-order chi connectivity index (χ0) is 25.0. The number of aryl methyl sites for hydroxylation is 1. The lowest BCUT2D eigenvalue weighted by atomic mass is 9.99.